The van der Waals surface area contributed by atoms with Gasteiger partial charge in [-0.15, -0.1) is 0 Å². The van der Waals surface area contributed by atoms with Crippen molar-refractivity contribution in [3.8, 4) is 23.0 Å². The predicted octanol–water partition coefficient (Wildman–Crippen LogP) is 5.05. The van der Waals surface area contributed by atoms with E-state index in [2.05, 4.69) is 5.16 Å². The van der Waals surface area contributed by atoms with Crippen molar-refractivity contribution in [2.75, 3.05) is 28.4 Å². The molecule has 0 saturated heterocycles. The summed E-state index contributed by atoms with van der Waals surface area (Å²) in [5.74, 6) is 3.37. The number of methoxy groups -OCH3 is 4. The molecule has 0 spiro atoms. The van der Waals surface area contributed by atoms with Crippen LogP contribution in [0, 0.1) is 0 Å². The lowest BCUT2D eigenvalue weighted by Gasteiger charge is -2.07. The van der Waals surface area contributed by atoms with Crippen LogP contribution in [0.2, 0.25) is 0 Å². The van der Waals surface area contributed by atoms with Gasteiger partial charge < -0.3 is 23.5 Å². The van der Waals surface area contributed by atoms with Crippen molar-refractivity contribution >= 4 is 24.3 Å². The molecule has 0 aliphatic carbocycles. The molecule has 6 heteroatoms. The predicted molar refractivity (Wildman–Crippen MR) is 113 cm³/mol. The fraction of sp³-hybridized carbons (Fsp3) is 0.174. The van der Waals surface area contributed by atoms with Crippen molar-refractivity contribution in [2.24, 2.45) is 0 Å². The lowest BCUT2D eigenvalue weighted by Crippen LogP contribution is -1.90. The maximum atomic E-state index is 5.37. The molecule has 2 aromatic carbocycles. The van der Waals surface area contributed by atoms with E-state index in [0.717, 1.165) is 11.1 Å². The molecule has 0 N–H and O–H groups in total. The van der Waals surface area contributed by atoms with Crippen molar-refractivity contribution in [3.63, 3.8) is 0 Å². The second kappa shape index (κ2) is 9.50. The van der Waals surface area contributed by atoms with Crippen LogP contribution in [-0.2, 0) is 0 Å². The summed E-state index contributed by atoms with van der Waals surface area (Å²) in [6.07, 6.45) is 7.58. The molecule has 1 aromatic heterocycles. The standard InChI is InChI=1S/C23H23NO5/c1-25-20-11-7-16(13-22(20)27-3)5-9-18-15-19(29-24-18)10-6-17-8-12-21(26-2)23(14-17)28-4/h5-15H,1-4H3/b9-5+,10-6+. The van der Waals surface area contributed by atoms with E-state index in [4.69, 9.17) is 23.5 Å². The Morgan fingerprint density at radius 1 is 0.621 bits per heavy atom. The van der Waals surface area contributed by atoms with Crippen LogP contribution in [0.3, 0.4) is 0 Å². The van der Waals surface area contributed by atoms with Crippen LogP contribution in [0.15, 0.2) is 47.0 Å². The van der Waals surface area contributed by atoms with Crippen molar-refractivity contribution in [1.82, 2.24) is 5.16 Å². The van der Waals surface area contributed by atoms with Crippen LogP contribution >= 0.6 is 0 Å². The summed E-state index contributed by atoms with van der Waals surface area (Å²) in [6.45, 7) is 0. The van der Waals surface area contributed by atoms with E-state index >= 15 is 0 Å². The molecule has 0 aliphatic heterocycles. The van der Waals surface area contributed by atoms with E-state index in [0.29, 0.717) is 34.5 Å². The topological polar surface area (TPSA) is 63.0 Å². The van der Waals surface area contributed by atoms with Crippen molar-refractivity contribution in [3.05, 3.63) is 65.0 Å². The Labute approximate surface area is 170 Å². The molecule has 6 nitrogen and oxygen atoms in total. The summed E-state index contributed by atoms with van der Waals surface area (Å²) in [5.41, 5.74) is 2.64. The Kier molecular flexibility index (Phi) is 6.58. The average molecular weight is 393 g/mol. The van der Waals surface area contributed by atoms with Crippen LogP contribution in [0.1, 0.15) is 22.6 Å². The van der Waals surface area contributed by atoms with Crippen LogP contribution < -0.4 is 18.9 Å². The van der Waals surface area contributed by atoms with Gasteiger partial charge >= 0.3 is 0 Å². The SMILES string of the molecule is COc1ccc(/C=C/c2cc(/C=C/c3ccc(OC)c(OC)c3)on2)cc1OC. The minimum atomic E-state index is 0.645. The van der Waals surface area contributed by atoms with Crippen LogP contribution in [0.5, 0.6) is 23.0 Å². The van der Waals surface area contributed by atoms with Gasteiger partial charge in [0.1, 0.15) is 5.69 Å². The summed E-state index contributed by atoms with van der Waals surface area (Å²) in [5, 5.41) is 4.07. The van der Waals surface area contributed by atoms with E-state index in [-0.39, 0.29) is 0 Å². The lowest BCUT2D eigenvalue weighted by molar-refractivity contribution is 0.355. The second-order valence-corrected chi connectivity index (χ2v) is 6.05. The van der Waals surface area contributed by atoms with Gasteiger partial charge in [-0.2, -0.15) is 0 Å². The summed E-state index contributed by atoms with van der Waals surface area (Å²) < 4.78 is 26.5. The smallest absolute Gasteiger partial charge is 0.161 e. The third-order valence-electron chi connectivity index (χ3n) is 4.25. The zero-order valence-corrected chi connectivity index (χ0v) is 16.8. The zero-order chi connectivity index (χ0) is 20.6. The summed E-state index contributed by atoms with van der Waals surface area (Å²) >= 11 is 0. The first kappa shape index (κ1) is 20.1. The molecule has 0 amide bonds. The van der Waals surface area contributed by atoms with Crippen molar-refractivity contribution < 1.29 is 23.5 Å². The first-order valence-electron chi connectivity index (χ1n) is 8.93. The van der Waals surface area contributed by atoms with Crippen molar-refractivity contribution in [2.45, 2.75) is 0 Å². The zero-order valence-electron chi connectivity index (χ0n) is 16.8. The van der Waals surface area contributed by atoms with Gasteiger partial charge in [0.15, 0.2) is 28.8 Å². The van der Waals surface area contributed by atoms with Gasteiger partial charge in [-0.25, -0.2) is 0 Å². The highest BCUT2D eigenvalue weighted by Gasteiger charge is 2.05. The van der Waals surface area contributed by atoms with Gasteiger partial charge in [0.25, 0.3) is 0 Å². The molecule has 0 saturated carbocycles. The largest absolute Gasteiger partial charge is 0.493 e. The van der Waals surface area contributed by atoms with E-state index in [1.165, 1.54) is 0 Å². The van der Waals surface area contributed by atoms with Gasteiger partial charge in [0.05, 0.1) is 28.4 Å². The van der Waals surface area contributed by atoms with Gasteiger partial charge in [0, 0.05) is 6.07 Å². The maximum Gasteiger partial charge on any atom is 0.161 e. The highest BCUT2D eigenvalue weighted by atomic mass is 16.5. The molecule has 0 atom stereocenters. The quantitative estimate of drug-likeness (QED) is 0.534. The molecule has 0 bridgehead atoms. The minimum Gasteiger partial charge on any atom is -0.493 e. The third kappa shape index (κ3) is 4.99. The molecule has 150 valence electrons. The van der Waals surface area contributed by atoms with Gasteiger partial charge in [-0.1, -0.05) is 29.4 Å². The highest BCUT2D eigenvalue weighted by molar-refractivity contribution is 5.72. The number of hydrogen-bond donors (Lipinski definition) is 0. The molecule has 3 aromatic rings. The molecular weight excluding hydrogens is 370 g/mol. The average Bonchev–Trinajstić information content (AvgIpc) is 3.23. The summed E-state index contributed by atoms with van der Waals surface area (Å²) in [4.78, 5) is 0. The highest BCUT2D eigenvalue weighted by Crippen LogP contribution is 2.29. The monoisotopic (exact) mass is 393 g/mol. The maximum absolute atomic E-state index is 5.37. The fourth-order valence-corrected chi connectivity index (χ4v) is 2.73. The number of benzene rings is 2. The number of rotatable bonds is 8. The van der Waals surface area contributed by atoms with Gasteiger partial charge in [-0.05, 0) is 47.5 Å². The normalized spacial score (nSPS) is 11.2. The Hall–Kier alpha value is -3.67. The first-order valence-corrected chi connectivity index (χ1v) is 8.93. The van der Waals surface area contributed by atoms with E-state index < -0.39 is 0 Å². The molecule has 0 aliphatic rings. The van der Waals surface area contributed by atoms with E-state index in [1.54, 1.807) is 28.4 Å². The molecule has 29 heavy (non-hydrogen) atoms. The van der Waals surface area contributed by atoms with Crippen LogP contribution in [0.4, 0.5) is 0 Å². The number of aromatic nitrogens is 1. The number of ether oxygens (including phenoxy) is 4. The molecule has 1 heterocycles. The summed E-state index contributed by atoms with van der Waals surface area (Å²) in [6, 6.07) is 13.2. The molecule has 0 fully saturated rings. The summed E-state index contributed by atoms with van der Waals surface area (Å²) in [7, 11) is 6.44. The van der Waals surface area contributed by atoms with Gasteiger partial charge in [0.2, 0.25) is 0 Å². The number of hydrogen-bond acceptors (Lipinski definition) is 6. The Balaban J connectivity index is 1.71. The molecular formula is C23H23NO5. The van der Waals surface area contributed by atoms with Crippen molar-refractivity contribution in [1.29, 1.82) is 0 Å². The van der Waals surface area contributed by atoms with E-state index in [1.807, 2.05) is 66.8 Å². The molecule has 3 rings (SSSR count). The van der Waals surface area contributed by atoms with Gasteiger partial charge in [-0.3, -0.25) is 0 Å². The number of nitrogens with zero attached hydrogens (tertiary/aromatic N) is 1. The van der Waals surface area contributed by atoms with Crippen LogP contribution in [0.25, 0.3) is 24.3 Å². The Morgan fingerprint density at radius 2 is 1.14 bits per heavy atom. The molecule has 0 unspecified atom stereocenters. The Bertz CT molecular complexity index is 940. The van der Waals surface area contributed by atoms with E-state index in [9.17, 15) is 0 Å². The fourth-order valence-electron chi connectivity index (χ4n) is 2.73. The lowest BCUT2D eigenvalue weighted by atomic mass is 10.1. The van der Waals surface area contributed by atoms with Crippen LogP contribution in [-0.4, -0.2) is 33.6 Å². The Morgan fingerprint density at radius 3 is 1.66 bits per heavy atom. The third-order valence-corrected chi connectivity index (χ3v) is 4.25. The first-order chi connectivity index (χ1) is 14.2. The molecule has 0 radical (unpaired) electrons. The minimum absolute atomic E-state index is 0.645. The second-order valence-electron chi connectivity index (χ2n) is 6.05.